The average Bonchev–Trinajstić information content (AvgIpc) is 2.92. The predicted molar refractivity (Wildman–Crippen MR) is 87.3 cm³/mol. The Hall–Kier alpha value is -1.35. The van der Waals surface area contributed by atoms with Gasteiger partial charge in [0.15, 0.2) is 0 Å². The highest BCUT2D eigenvalue weighted by Gasteiger charge is 2.28. The summed E-state index contributed by atoms with van der Waals surface area (Å²) in [6, 6.07) is 11.4. The van der Waals surface area contributed by atoms with Crippen LogP contribution in [-0.4, -0.2) is 36.0 Å². The molecular weight excluding hydrogens is 260 g/mol. The Balaban J connectivity index is 1.79. The molecule has 1 N–H and O–H groups in total. The Labute approximate surface area is 128 Å². The maximum Gasteiger partial charge on any atom is 0.222 e. The third-order valence-electron chi connectivity index (χ3n) is 4.13. The van der Waals surface area contributed by atoms with E-state index in [9.17, 15) is 4.79 Å². The van der Waals surface area contributed by atoms with Gasteiger partial charge in [0, 0.05) is 25.0 Å². The van der Waals surface area contributed by atoms with Gasteiger partial charge >= 0.3 is 0 Å². The van der Waals surface area contributed by atoms with E-state index in [2.05, 4.69) is 48.3 Å². The van der Waals surface area contributed by atoms with Crippen LogP contribution in [0.25, 0.3) is 0 Å². The summed E-state index contributed by atoms with van der Waals surface area (Å²) in [4.78, 5) is 14.5. The molecule has 3 nitrogen and oxygen atoms in total. The minimum atomic E-state index is 0.332. The second kappa shape index (κ2) is 8.18. The van der Waals surface area contributed by atoms with Crippen molar-refractivity contribution < 1.29 is 4.79 Å². The summed E-state index contributed by atoms with van der Waals surface area (Å²) in [5, 5.41) is 3.37. The summed E-state index contributed by atoms with van der Waals surface area (Å²) >= 11 is 0. The molecule has 1 atom stereocenters. The molecule has 0 spiro atoms. The number of hydrogen-bond donors (Lipinski definition) is 1. The molecule has 0 bridgehead atoms. The fourth-order valence-electron chi connectivity index (χ4n) is 3.04. The van der Waals surface area contributed by atoms with E-state index in [1.54, 1.807) is 0 Å². The molecule has 0 radical (unpaired) electrons. The number of nitrogens with zero attached hydrogens (tertiary/aromatic N) is 1. The molecule has 1 unspecified atom stereocenters. The normalized spacial score (nSPS) is 18.4. The first kappa shape index (κ1) is 16.0. The quantitative estimate of drug-likeness (QED) is 0.782. The smallest absolute Gasteiger partial charge is 0.222 e. The molecule has 0 aromatic heterocycles. The third kappa shape index (κ3) is 5.16. The van der Waals surface area contributed by atoms with Gasteiger partial charge in [0.1, 0.15) is 0 Å². The van der Waals surface area contributed by atoms with Gasteiger partial charge in [0.25, 0.3) is 0 Å². The fraction of sp³-hybridized carbons (Fsp3) is 0.611. The van der Waals surface area contributed by atoms with Crippen molar-refractivity contribution in [2.75, 3.05) is 13.1 Å². The molecule has 1 saturated heterocycles. The van der Waals surface area contributed by atoms with Crippen molar-refractivity contribution in [3.05, 3.63) is 35.9 Å². The van der Waals surface area contributed by atoms with Gasteiger partial charge in [-0.15, -0.1) is 0 Å². The van der Waals surface area contributed by atoms with Crippen LogP contribution in [0.1, 0.15) is 45.1 Å². The van der Waals surface area contributed by atoms with Crippen molar-refractivity contribution >= 4 is 5.91 Å². The standard InChI is InChI=1S/C18H28N2O/c1-15(2)19-12-6-11-18(21)20-13-7-10-17(20)14-16-8-4-3-5-9-16/h3-5,8-9,15,17,19H,6-7,10-14H2,1-2H3. The van der Waals surface area contributed by atoms with E-state index in [0.717, 1.165) is 38.8 Å². The lowest BCUT2D eigenvalue weighted by Crippen LogP contribution is -2.37. The Kier molecular flexibility index (Phi) is 6.24. The maximum atomic E-state index is 12.4. The van der Waals surface area contributed by atoms with Crippen LogP contribution in [-0.2, 0) is 11.2 Å². The van der Waals surface area contributed by atoms with Gasteiger partial charge in [-0.2, -0.15) is 0 Å². The fourth-order valence-corrected chi connectivity index (χ4v) is 3.04. The lowest BCUT2D eigenvalue weighted by atomic mass is 10.0. The van der Waals surface area contributed by atoms with Crippen LogP contribution >= 0.6 is 0 Å². The molecule has 3 heteroatoms. The van der Waals surface area contributed by atoms with E-state index in [4.69, 9.17) is 0 Å². The number of carbonyl (C=O) groups excluding carboxylic acids is 1. The summed E-state index contributed by atoms with van der Waals surface area (Å²) in [5.41, 5.74) is 1.34. The Morgan fingerprint density at radius 3 is 2.81 bits per heavy atom. The van der Waals surface area contributed by atoms with Crippen molar-refractivity contribution in [3.8, 4) is 0 Å². The Morgan fingerprint density at radius 2 is 2.10 bits per heavy atom. The molecule has 0 saturated carbocycles. The highest BCUT2D eigenvalue weighted by molar-refractivity contribution is 5.76. The number of carbonyl (C=O) groups is 1. The molecule has 21 heavy (non-hydrogen) atoms. The SMILES string of the molecule is CC(C)NCCCC(=O)N1CCCC1Cc1ccccc1. The van der Waals surface area contributed by atoms with E-state index in [1.165, 1.54) is 5.56 Å². The van der Waals surface area contributed by atoms with Crippen LogP contribution in [0.4, 0.5) is 0 Å². The van der Waals surface area contributed by atoms with E-state index >= 15 is 0 Å². The Morgan fingerprint density at radius 1 is 1.33 bits per heavy atom. The van der Waals surface area contributed by atoms with Gasteiger partial charge in [-0.3, -0.25) is 4.79 Å². The molecule has 1 amide bonds. The van der Waals surface area contributed by atoms with Gasteiger partial charge in [-0.05, 0) is 37.8 Å². The maximum absolute atomic E-state index is 12.4. The molecule has 1 aliphatic rings. The lowest BCUT2D eigenvalue weighted by molar-refractivity contribution is -0.132. The number of likely N-dealkylation sites (tertiary alicyclic amines) is 1. The van der Waals surface area contributed by atoms with Gasteiger partial charge < -0.3 is 10.2 Å². The van der Waals surface area contributed by atoms with Crippen molar-refractivity contribution in [1.82, 2.24) is 10.2 Å². The first-order valence-electron chi connectivity index (χ1n) is 8.23. The van der Waals surface area contributed by atoms with Gasteiger partial charge in [0.2, 0.25) is 5.91 Å². The molecule has 1 aromatic rings. The minimum absolute atomic E-state index is 0.332. The zero-order valence-corrected chi connectivity index (χ0v) is 13.3. The number of benzene rings is 1. The molecule has 1 fully saturated rings. The average molecular weight is 288 g/mol. The third-order valence-corrected chi connectivity index (χ3v) is 4.13. The van der Waals surface area contributed by atoms with Gasteiger partial charge in [-0.25, -0.2) is 0 Å². The zero-order chi connectivity index (χ0) is 15.1. The number of rotatable bonds is 7. The summed E-state index contributed by atoms with van der Waals surface area (Å²) in [7, 11) is 0. The number of amides is 1. The summed E-state index contributed by atoms with van der Waals surface area (Å²) < 4.78 is 0. The van der Waals surface area contributed by atoms with Crippen molar-refractivity contribution in [3.63, 3.8) is 0 Å². The van der Waals surface area contributed by atoms with Gasteiger partial charge in [-0.1, -0.05) is 44.2 Å². The Bertz CT molecular complexity index is 430. The zero-order valence-electron chi connectivity index (χ0n) is 13.3. The van der Waals surface area contributed by atoms with Crippen LogP contribution in [0.2, 0.25) is 0 Å². The minimum Gasteiger partial charge on any atom is -0.339 e. The first-order chi connectivity index (χ1) is 10.2. The monoisotopic (exact) mass is 288 g/mol. The topological polar surface area (TPSA) is 32.3 Å². The van der Waals surface area contributed by atoms with E-state index < -0.39 is 0 Å². The molecule has 2 rings (SSSR count). The lowest BCUT2D eigenvalue weighted by Gasteiger charge is -2.25. The molecule has 1 aliphatic heterocycles. The molecule has 1 aromatic carbocycles. The van der Waals surface area contributed by atoms with Crippen LogP contribution in [0.5, 0.6) is 0 Å². The molecule has 0 aliphatic carbocycles. The first-order valence-corrected chi connectivity index (χ1v) is 8.23. The second-order valence-electron chi connectivity index (χ2n) is 6.29. The van der Waals surface area contributed by atoms with Crippen molar-refractivity contribution in [2.24, 2.45) is 0 Å². The van der Waals surface area contributed by atoms with E-state index in [1.807, 2.05) is 6.07 Å². The van der Waals surface area contributed by atoms with Crippen molar-refractivity contribution in [1.29, 1.82) is 0 Å². The molecule has 1 heterocycles. The summed E-state index contributed by atoms with van der Waals surface area (Å²) in [5.74, 6) is 0.332. The van der Waals surface area contributed by atoms with Crippen LogP contribution in [0, 0.1) is 0 Å². The highest BCUT2D eigenvalue weighted by Crippen LogP contribution is 2.22. The second-order valence-corrected chi connectivity index (χ2v) is 6.29. The highest BCUT2D eigenvalue weighted by atomic mass is 16.2. The molecule has 116 valence electrons. The van der Waals surface area contributed by atoms with Crippen LogP contribution in [0.15, 0.2) is 30.3 Å². The van der Waals surface area contributed by atoms with Crippen LogP contribution in [0.3, 0.4) is 0 Å². The van der Waals surface area contributed by atoms with Crippen LogP contribution < -0.4 is 5.32 Å². The summed E-state index contributed by atoms with van der Waals surface area (Å²) in [6.45, 7) is 6.14. The van der Waals surface area contributed by atoms with E-state index in [0.29, 0.717) is 24.4 Å². The summed E-state index contributed by atoms with van der Waals surface area (Å²) in [6.07, 6.45) is 4.89. The largest absolute Gasteiger partial charge is 0.339 e. The predicted octanol–water partition coefficient (Wildman–Crippen LogP) is 3.00. The number of nitrogens with one attached hydrogen (secondary N) is 1. The van der Waals surface area contributed by atoms with Gasteiger partial charge in [0.05, 0.1) is 0 Å². The number of hydrogen-bond acceptors (Lipinski definition) is 2. The van der Waals surface area contributed by atoms with Crippen molar-refractivity contribution in [2.45, 2.75) is 58.0 Å². The van der Waals surface area contributed by atoms with E-state index in [-0.39, 0.29) is 0 Å². The molecular formula is C18H28N2O.